The second-order valence-corrected chi connectivity index (χ2v) is 7.44. The van der Waals surface area contributed by atoms with Gasteiger partial charge < -0.3 is 20.3 Å². The van der Waals surface area contributed by atoms with Gasteiger partial charge in [0.25, 0.3) is 0 Å². The van der Waals surface area contributed by atoms with E-state index in [-0.39, 0.29) is 24.0 Å². The lowest BCUT2D eigenvalue weighted by Crippen LogP contribution is -2.55. The zero-order valence-corrected chi connectivity index (χ0v) is 14.8. The first-order valence-electron chi connectivity index (χ1n) is 8.03. The van der Waals surface area contributed by atoms with Crippen LogP contribution in [0.1, 0.15) is 47.5 Å². The van der Waals surface area contributed by atoms with Crippen LogP contribution in [0.25, 0.3) is 0 Å². The number of likely N-dealkylation sites (tertiary alicyclic amines) is 1. The monoisotopic (exact) mass is 313 g/mol. The molecule has 1 aliphatic rings. The second kappa shape index (κ2) is 7.31. The highest BCUT2D eigenvalue weighted by Gasteiger charge is 2.32. The zero-order chi connectivity index (χ0) is 17.1. The van der Waals surface area contributed by atoms with E-state index in [0.717, 1.165) is 12.8 Å². The summed E-state index contributed by atoms with van der Waals surface area (Å²) in [6.45, 7) is 10.6. The first-order chi connectivity index (χ1) is 10.0. The summed E-state index contributed by atoms with van der Waals surface area (Å²) in [7, 11) is 1.73. The van der Waals surface area contributed by atoms with Crippen molar-refractivity contribution in [3.63, 3.8) is 0 Å². The molecular weight excluding hydrogens is 282 g/mol. The number of hydrogen-bond donors (Lipinski definition) is 1. The molecule has 1 fully saturated rings. The summed E-state index contributed by atoms with van der Waals surface area (Å²) < 4.78 is 5.39. The third kappa shape index (κ3) is 5.16. The van der Waals surface area contributed by atoms with Crippen molar-refractivity contribution in [2.75, 3.05) is 20.1 Å². The molecule has 1 unspecified atom stereocenters. The lowest BCUT2D eigenvalue weighted by Gasteiger charge is -2.39. The number of hydrogen-bond acceptors (Lipinski definition) is 4. The van der Waals surface area contributed by atoms with Gasteiger partial charge in [0.05, 0.1) is 12.1 Å². The molecule has 0 aromatic rings. The highest BCUT2D eigenvalue weighted by molar-refractivity contribution is 5.82. The smallest absolute Gasteiger partial charge is 0.410 e. The molecule has 2 atom stereocenters. The van der Waals surface area contributed by atoms with E-state index in [1.165, 1.54) is 0 Å². The van der Waals surface area contributed by atoms with Gasteiger partial charge in [0.15, 0.2) is 0 Å². The van der Waals surface area contributed by atoms with Crippen molar-refractivity contribution in [3.8, 4) is 0 Å². The van der Waals surface area contributed by atoms with E-state index in [9.17, 15) is 9.59 Å². The van der Waals surface area contributed by atoms with Gasteiger partial charge in [-0.25, -0.2) is 4.79 Å². The van der Waals surface area contributed by atoms with Crippen molar-refractivity contribution in [3.05, 3.63) is 0 Å². The Labute approximate surface area is 134 Å². The normalized spacial score (nSPS) is 20.7. The molecule has 1 saturated heterocycles. The number of likely N-dealkylation sites (N-methyl/N-ethyl adjacent to an activating group) is 1. The van der Waals surface area contributed by atoms with Crippen LogP contribution in [0.4, 0.5) is 4.79 Å². The number of carbonyl (C=O) groups is 2. The van der Waals surface area contributed by atoms with Crippen molar-refractivity contribution in [2.24, 2.45) is 11.7 Å². The largest absolute Gasteiger partial charge is 0.444 e. The van der Waals surface area contributed by atoms with E-state index in [1.54, 1.807) is 16.8 Å². The molecule has 0 aromatic heterocycles. The van der Waals surface area contributed by atoms with Gasteiger partial charge in [-0.2, -0.15) is 0 Å². The van der Waals surface area contributed by atoms with Gasteiger partial charge in [-0.3, -0.25) is 4.79 Å². The van der Waals surface area contributed by atoms with Gasteiger partial charge in [0, 0.05) is 20.1 Å². The maximum absolute atomic E-state index is 12.4. The quantitative estimate of drug-likeness (QED) is 0.862. The van der Waals surface area contributed by atoms with Crippen molar-refractivity contribution >= 4 is 12.0 Å². The Morgan fingerprint density at radius 2 is 1.91 bits per heavy atom. The molecule has 0 radical (unpaired) electrons. The van der Waals surface area contributed by atoms with Crippen LogP contribution in [-0.4, -0.2) is 59.6 Å². The van der Waals surface area contributed by atoms with Gasteiger partial charge in [0.2, 0.25) is 5.91 Å². The third-order valence-corrected chi connectivity index (χ3v) is 3.94. The molecule has 0 saturated carbocycles. The summed E-state index contributed by atoms with van der Waals surface area (Å²) in [5.41, 5.74) is 5.44. The Hall–Kier alpha value is -1.30. The Kier molecular flexibility index (Phi) is 6.23. The Bertz CT molecular complexity index is 404. The fourth-order valence-electron chi connectivity index (χ4n) is 2.45. The van der Waals surface area contributed by atoms with E-state index in [2.05, 4.69) is 0 Å². The van der Waals surface area contributed by atoms with Gasteiger partial charge in [-0.1, -0.05) is 13.8 Å². The molecule has 6 heteroatoms. The average molecular weight is 313 g/mol. The highest BCUT2D eigenvalue weighted by Crippen LogP contribution is 2.19. The third-order valence-electron chi connectivity index (χ3n) is 3.94. The lowest BCUT2D eigenvalue weighted by atomic mass is 10.00. The highest BCUT2D eigenvalue weighted by atomic mass is 16.6. The average Bonchev–Trinajstić information content (AvgIpc) is 2.43. The lowest BCUT2D eigenvalue weighted by molar-refractivity contribution is -0.135. The van der Waals surface area contributed by atoms with E-state index >= 15 is 0 Å². The van der Waals surface area contributed by atoms with Crippen LogP contribution < -0.4 is 5.73 Å². The molecule has 0 aromatic carbocycles. The van der Waals surface area contributed by atoms with Gasteiger partial charge >= 0.3 is 6.09 Å². The van der Waals surface area contributed by atoms with E-state index < -0.39 is 11.6 Å². The zero-order valence-electron chi connectivity index (χ0n) is 14.8. The molecule has 22 heavy (non-hydrogen) atoms. The van der Waals surface area contributed by atoms with Crippen molar-refractivity contribution in [1.29, 1.82) is 0 Å². The number of rotatable bonds is 3. The first kappa shape index (κ1) is 18.7. The number of piperidine rings is 1. The maximum atomic E-state index is 12.4. The molecule has 2 amide bonds. The van der Waals surface area contributed by atoms with Gasteiger partial charge in [-0.15, -0.1) is 0 Å². The van der Waals surface area contributed by atoms with Crippen molar-refractivity contribution in [2.45, 2.75) is 65.1 Å². The van der Waals surface area contributed by atoms with E-state index in [1.807, 2.05) is 34.6 Å². The van der Waals surface area contributed by atoms with Crippen LogP contribution >= 0.6 is 0 Å². The molecule has 1 aliphatic heterocycles. The van der Waals surface area contributed by atoms with Crippen LogP contribution in [0.5, 0.6) is 0 Å². The minimum atomic E-state index is -0.518. The number of ether oxygens (including phenoxy) is 1. The Morgan fingerprint density at radius 1 is 1.32 bits per heavy atom. The van der Waals surface area contributed by atoms with Gasteiger partial charge in [-0.05, 0) is 39.5 Å². The van der Waals surface area contributed by atoms with E-state index in [0.29, 0.717) is 13.1 Å². The summed E-state index contributed by atoms with van der Waals surface area (Å²) in [5.74, 6) is 0.0775. The number of carbonyl (C=O) groups excluding carboxylic acids is 2. The predicted octanol–water partition coefficient (Wildman–Crippen LogP) is 1.83. The predicted molar refractivity (Wildman–Crippen MR) is 86.4 cm³/mol. The summed E-state index contributed by atoms with van der Waals surface area (Å²) in [6, 6.07) is -0.502. The SMILES string of the molecule is CC(C)[C@H](N)C(=O)N1CCCC(N(C)C(=O)OC(C)(C)C)C1. The minimum Gasteiger partial charge on any atom is -0.444 e. The molecule has 2 N–H and O–H groups in total. The van der Waals surface area contributed by atoms with Gasteiger partial charge in [0.1, 0.15) is 5.60 Å². The van der Waals surface area contributed by atoms with Crippen molar-refractivity contribution < 1.29 is 14.3 Å². The van der Waals surface area contributed by atoms with E-state index in [4.69, 9.17) is 10.5 Å². The minimum absolute atomic E-state index is 0.0214. The topological polar surface area (TPSA) is 75.9 Å². The maximum Gasteiger partial charge on any atom is 0.410 e. The van der Waals surface area contributed by atoms with Crippen molar-refractivity contribution in [1.82, 2.24) is 9.80 Å². The van der Waals surface area contributed by atoms with Crippen LogP contribution in [-0.2, 0) is 9.53 Å². The summed E-state index contributed by atoms with van der Waals surface area (Å²) in [4.78, 5) is 27.9. The Balaban J connectivity index is 2.66. The number of nitrogens with two attached hydrogens (primary N) is 1. The molecule has 1 heterocycles. The standard InChI is InChI=1S/C16H31N3O3/c1-11(2)13(17)14(20)19-9-7-8-12(10-19)18(6)15(21)22-16(3,4)5/h11-13H,7-10,17H2,1-6H3/t12?,13-/m0/s1. The molecule has 0 spiro atoms. The summed E-state index contributed by atoms with van der Waals surface area (Å²) in [5, 5.41) is 0. The first-order valence-corrected chi connectivity index (χ1v) is 8.03. The molecule has 0 aliphatic carbocycles. The molecule has 0 bridgehead atoms. The number of nitrogens with zero attached hydrogens (tertiary/aromatic N) is 2. The number of amides is 2. The van der Waals surface area contributed by atoms with Crippen LogP contribution in [0.2, 0.25) is 0 Å². The Morgan fingerprint density at radius 3 is 2.41 bits per heavy atom. The second-order valence-electron chi connectivity index (χ2n) is 7.44. The van der Waals surface area contributed by atoms with Crippen LogP contribution in [0, 0.1) is 5.92 Å². The molecule has 1 rings (SSSR count). The van der Waals surface area contributed by atoms with Crippen LogP contribution in [0.15, 0.2) is 0 Å². The fraction of sp³-hybridized carbons (Fsp3) is 0.875. The van der Waals surface area contributed by atoms with Crippen LogP contribution in [0.3, 0.4) is 0 Å². The summed E-state index contributed by atoms with van der Waals surface area (Å²) >= 11 is 0. The summed E-state index contributed by atoms with van der Waals surface area (Å²) in [6.07, 6.45) is 1.39. The molecule has 128 valence electrons. The molecular formula is C16H31N3O3. The fourth-order valence-corrected chi connectivity index (χ4v) is 2.45. The molecule has 6 nitrogen and oxygen atoms in total.